The lowest BCUT2D eigenvalue weighted by atomic mass is 9.93. The minimum atomic E-state index is -0.385. The fourth-order valence-corrected chi connectivity index (χ4v) is 3.01. The van der Waals surface area contributed by atoms with Gasteiger partial charge in [-0.05, 0) is 38.0 Å². The van der Waals surface area contributed by atoms with E-state index < -0.39 is 0 Å². The summed E-state index contributed by atoms with van der Waals surface area (Å²) in [6.07, 6.45) is 6.19. The van der Waals surface area contributed by atoms with E-state index in [4.69, 9.17) is 11.5 Å². The first-order chi connectivity index (χ1) is 9.13. The molecular weight excluding hydrogens is 238 g/mol. The van der Waals surface area contributed by atoms with Gasteiger partial charge < -0.3 is 16.4 Å². The van der Waals surface area contributed by atoms with Gasteiger partial charge in [0, 0.05) is 18.3 Å². The van der Waals surface area contributed by atoms with Crippen molar-refractivity contribution in [1.82, 2.24) is 0 Å². The Labute approximate surface area is 114 Å². The van der Waals surface area contributed by atoms with Gasteiger partial charge in [0.25, 0.3) is 5.91 Å². The quantitative estimate of drug-likeness (QED) is 0.818. The van der Waals surface area contributed by atoms with Crippen LogP contribution in [0.15, 0.2) is 18.2 Å². The summed E-state index contributed by atoms with van der Waals surface area (Å²) in [6, 6.07) is 5.84. The number of amides is 1. The maximum absolute atomic E-state index is 11.6. The second-order valence-corrected chi connectivity index (χ2v) is 5.22. The Kier molecular flexibility index (Phi) is 4.30. The number of nitrogens with zero attached hydrogens (tertiary/aromatic N) is 1. The average Bonchev–Trinajstić information content (AvgIpc) is 2.40. The summed E-state index contributed by atoms with van der Waals surface area (Å²) >= 11 is 0. The highest BCUT2D eigenvalue weighted by Gasteiger charge is 2.23. The lowest BCUT2D eigenvalue weighted by Gasteiger charge is -2.36. The van der Waals surface area contributed by atoms with E-state index in [1.165, 1.54) is 32.1 Å². The Bertz CT molecular complexity index is 453. The highest BCUT2D eigenvalue weighted by atomic mass is 16.1. The zero-order valence-electron chi connectivity index (χ0n) is 11.6. The number of nitrogens with two attached hydrogens (primary N) is 2. The molecule has 0 saturated heterocycles. The van der Waals surface area contributed by atoms with Crippen LogP contribution in [0.4, 0.5) is 11.4 Å². The summed E-state index contributed by atoms with van der Waals surface area (Å²) in [4.78, 5) is 13.9. The Balaban J connectivity index is 2.35. The van der Waals surface area contributed by atoms with E-state index in [1.807, 2.05) is 6.07 Å². The normalized spacial score (nSPS) is 16.3. The van der Waals surface area contributed by atoms with E-state index in [0.29, 0.717) is 17.3 Å². The van der Waals surface area contributed by atoms with Gasteiger partial charge in [0.2, 0.25) is 0 Å². The fraction of sp³-hybridized carbons (Fsp3) is 0.533. The molecule has 0 radical (unpaired) electrons. The molecule has 1 aliphatic carbocycles. The molecule has 4 nitrogen and oxygen atoms in total. The maximum Gasteiger partial charge on any atom is 0.250 e. The van der Waals surface area contributed by atoms with E-state index in [1.54, 1.807) is 12.1 Å². The van der Waals surface area contributed by atoms with Crippen molar-refractivity contribution in [3.63, 3.8) is 0 Å². The van der Waals surface area contributed by atoms with Crippen LogP contribution in [0.3, 0.4) is 0 Å². The van der Waals surface area contributed by atoms with E-state index >= 15 is 0 Å². The number of rotatable bonds is 4. The molecule has 0 atom stereocenters. The van der Waals surface area contributed by atoms with Crippen LogP contribution in [0.25, 0.3) is 0 Å². The van der Waals surface area contributed by atoms with Gasteiger partial charge in [-0.2, -0.15) is 0 Å². The first-order valence-electron chi connectivity index (χ1n) is 7.09. The van der Waals surface area contributed by atoms with Gasteiger partial charge in [-0.3, -0.25) is 4.79 Å². The molecule has 2 rings (SSSR count). The minimum Gasteiger partial charge on any atom is -0.399 e. The van der Waals surface area contributed by atoms with Crippen molar-refractivity contribution in [1.29, 1.82) is 0 Å². The number of benzene rings is 1. The lowest BCUT2D eigenvalue weighted by Crippen LogP contribution is -2.38. The highest BCUT2D eigenvalue weighted by Crippen LogP contribution is 2.30. The third-order valence-corrected chi connectivity index (χ3v) is 3.95. The van der Waals surface area contributed by atoms with Crippen molar-refractivity contribution in [3.05, 3.63) is 23.8 Å². The first kappa shape index (κ1) is 13.7. The molecule has 0 bridgehead atoms. The zero-order chi connectivity index (χ0) is 13.8. The number of hydrogen-bond donors (Lipinski definition) is 2. The zero-order valence-corrected chi connectivity index (χ0v) is 11.6. The third kappa shape index (κ3) is 3.00. The molecule has 4 heteroatoms. The van der Waals surface area contributed by atoms with Crippen LogP contribution in [0, 0.1) is 0 Å². The molecule has 19 heavy (non-hydrogen) atoms. The standard InChI is InChI=1S/C15H23N3O/c1-2-18(12-6-4-3-5-7-12)14-10-11(16)8-9-13(14)15(17)19/h8-10,12H,2-7,16H2,1H3,(H2,17,19). The summed E-state index contributed by atoms with van der Waals surface area (Å²) in [6.45, 7) is 2.98. The van der Waals surface area contributed by atoms with Crippen LogP contribution in [-0.2, 0) is 0 Å². The summed E-state index contributed by atoms with van der Waals surface area (Å²) in [5, 5.41) is 0. The third-order valence-electron chi connectivity index (χ3n) is 3.95. The van der Waals surface area contributed by atoms with Crippen molar-refractivity contribution in [3.8, 4) is 0 Å². The van der Waals surface area contributed by atoms with Crippen LogP contribution in [0.1, 0.15) is 49.4 Å². The second kappa shape index (κ2) is 5.95. The van der Waals surface area contributed by atoms with Gasteiger partial charge in [0.1, 0.15) is 0 Å². The van der Waals surface area contributed by atoms with Gasteiger partial charge in [-0.25, -0.2) is 0 Å². The molecule has 0 aromatic heterocycles. The fourth-order valence-electron chi connectivity index (χ4n) is 3.01. The molecule has 1 amide bonds. The topological polar surface area (TPSA) is 72.3 Å². The summed E-state index contributed by atoms with van der Waals surface area (Å²) < 4.78 is 0. The molecule has 1 saturated carbocycles. The molecule has 4 N–H and O–H groups in total. The summed E-state index contributed by atoms with van der Waals surface area (Å²) in [5.41, 5.74) is 13.5. The molecule has 1 aromatic carbocycles. The van der Waals surface area contributed by atoms with E-state index in [0.717, 1.165) is 12.2 Å². The van der Waals surface area contributed by atoms with E-state index in [2.05, 4.69) is 11.8 Å². The van der Waals surface area contributed by atoms with Gasteiger partial charge in [0.05, 0.1) is 11.3 Å². The van der Waals surface area contributed by atoms with Crippen molar-refractivity contribution >= 4 is 17.3 Å². The molecular formula is C15H23N3O. The van der Waals surface area contributed by atoms with Gasteiger partial charge in [0.15, 0.2) is 0 Å². The monoisotopic (exact) mass is 261 g/mol. The largest absolute Gasteiger partial charge is 0.399 e. The number of carbonyl (C=O) groups is 1. The molecule has 0 aliphatic heterocycles. The highest BCUT2D eigenvalue weighted by molar-refractivity contribution is 5.99. The number of nitrogen functional groups attached to an aromatic ring is 1. The molecule has 104 valence electrons. The summed E-state index contributed by atoms with van der Waals surface area (Å²) in [7, 11) is 0. The second-order valence-electron chi connectivity index (χ2n) is 5.22. The van der Waals surface area contributed by atoms with Gasteiger partial charge in [-0.15, -0.1) is 0 Å². The minimum absolute atomic E-state index is 0.385. The smallest absolute Gasteiger partial charge is 0.250 e. The number of carbonyl (C=O) groups excluding carboxylic acids is 1. The molecule has 0 spiro atoms. The van der Waals surface area contributed by atoms with Gasteiger partial charge in [-0.1, -0.05) is 19.3 Å². The van der Waals surface area contributed by atoms with Crippen molar-refractivity contribution in [2.45, 2.75) is 45.1 Å². The van der Waals surface area contributed by atoms with E-state index in [9.17, 15) is 4.79 Å². The Morgan fingerprint density at radius 1 is 1.32 bits per heavy atom. The Morgan fingerprint density at radius 2 is 2.00 bits per heavy atom. The van der Waals surface area contributed by atoms with Crippen LogP contribution in [0.5, 0.6) is 0 Å². The Morgan fingerprint density at radius 3 is 2.58 bits per heavy atom. The summed E-state index contributed by atoms with van der Waals surface area (Å²) in [5.74, 6) is -0.385. The number of anilines is 2. The SMILES string of the molecule is CCN(c1cc(N)ccc1C(N)=O)C1CCCCC1. The van der Waals surface area contributed by atoms with Crippen molar-refractivity contribution in [2.24, 2.45) is 5.73 Å². The van der Waals surface area contributed by atoms with E-state index in [-0.39, 0.29) is 5.91 Å². The number of primary amides is 1. The predicted molar refractivity (Wildman–Crippen MR) is 79.3 cm³/mol. The average molecular weight is 261 g/mol. The molecule has 0 unspecified atom stereocenters. The molecule has 1 aromatic rings. The van der Waals surface area contributed by atoms with Crippen LogP contribution in [-0.4, -0.2) is 18.5 Å². The molecule has 1 fully saturated rings. The lowest BCUT2D eigenvalue weighted by molar-refractivity contribution is 0.100. The first-order valence-corrected chi connectivity index (χ1v) is 7.09. The predicted octanol–water partition coefficient (Wildman–Crippen LogP) is 2.53. The molecule has 0 heterocycles. The Hall–Kier alpha value is -1.71. The van der Waals surface area contributed by atoms with Crippen LogP contribution < -0.4 is 16.4 Å². The van der Waals surface area contributed by atoms with Gasteiger partial charge >= 0.3 is 0 Å². The molecule has 1 aliphatic rings. The van der Waals surface area contributed by atoms with Crippen molar-refractivity contribution in [2.75, 3.05) is 17.2 Å². The maximum atomic E-state index is 11.6. The van der Waals surface area contributed by atoms with Crippen molar-refractivity contribution < 1.29 is 4.79 Å². The van der Waals surface area contributed by atoms with Crippen LogP contribution >= 0.6 is 0 Å². The number of hydrogen-bond acceptors (Lipinski definition) is 3. The van der Waals surface area contributed by atoms with Crippen LogP contribution in [0.2, 0.25) is 0 Å².